The van der Waals surface area contributed by atoms with Crippen LogP contribution in [0.15, 0.2) is 10.4 Å². The smallest absolute Gasteiger partial charge is 0.357 e. The number of nitrogens with one attached hydrogen (secondary N) is 2. The third kappa shape index (κ3) is 7.92. The van der Waals surface area contributed by atoms with Gasteiger partial charge in [-0.3, -0.25) is 4.99 Å². The monoisotopic (exact) mass is 420 g/mol. The van der Waals surface area contributed by atoms with Crippen molar-refractivity contribution in [1.82, 2.24) is 25.4 Å². The van der Waals surface area contributed by atoms with Gasteiger partial charge in [-0.1, -0.05) is 6.92 Å². The lowest BCUT2D eigenvalue weighted by molar-refractivity contribution is -0.140. The van der Waals surface area contributed by atoms with Crippen molar-refractivity contribution in [2.75, 3.05) is 59.4 Å². The Balaban J connectivity index is 1.75. The van der Waals surface area contributed by atoms with Crippen LogP contribution in [0.2, 0.25) is 0 Å². The van der Waals surface area contributed by atoms with Crippen LogP contribution in [0.3, 0.4) is 0 Å². The standard InChI is InChI=1S/C18H31F3N6S/c1-4-22-17(23-6-5-16-25-15(13-28-16)18(19,20)21)24-11-14(2)12-27-9-7-26(3)8-10-27/h13-14H,4-12H2,1-3H3,(H2,22,23,24). The number of hydrogen-bond acceptors (Lipinski definition) is 5. The van der Waals surface area contributed by atoms with Gasteiger partial charge in [-0.25, -0.2) is 4.98 Å². The third-order valence-corrected chi connectivity index (χ3v) is 5.45. The maximum absolute atomic E-state index is 12.6. The highest BCUT2D eigenvalue weighted by Crippen LogP contribution is 2.29. The summed E-state index contributed by atoms with van der Waals surface area (Å²) in [5.74, 6) is 1.13. The van der Waals surface area contributed by atoms with Gasteiger partial charge >= 0.3 is 6.18 Å². The van der Waals surface area contributed by atoms with Crippen molar-refractivity contribution in [3.8, 4) is 0 Å². The van der Waals surface area contributed by atoms with Crippen molar-refractivity contribution < 1.29 is 13.2 Å². The second-order valence-corrected chi connectivity index (χ2v) is 8.17. The molecule has 1 aliphatic rings. The summed E-state index contributed by atoms with van der Waals surface area (Å²) < 4.78 is 37.8. The van der Waals surface area contributed by atoms with Gasteiger partial charge < -0.3 is 20.4 Å². The average Bonchev–Trinajstić information content (AvgIpc) is 3.11. The molecule has 0 bridgehead atoms. The number of guanidine groups is 1. The summed E-state index contributed by atoms with van der Waals surface area (Å²) in [5, 5.41) is 7.91. The first-order chi connectivity index (χ1) is 13.3. The zero-order valence-corrected chi connectivity index (χ0v) is 17.7. The summed E-state index contributed by atoms with van der Waals surface area (Å²) >= 11 is 1.04. The van der Waals surface area contributed by atoms with Crippen molar-refractivity contribution in [1.29, 1.82) is 0 Å². The molecule has 10 heteroatoms. The molecule has 1 aliphatic heterocycles. The van der Waals surface area contributed by atoms with Gasteiger partial charge in [-0.2, -0.15) is 13.2 Å². The number of aromatic nitrogens is 1. The minimum Gasteiger partial charge on any atom is -0.357 e. The van der Waals surface area contributed by atoms with Crippen molar-refractivity contribution in [2.45, 2.75) is 26.4 Å². The van der Waals surface area contributed by atoms with Gasteiger partial charge in [0.05, 0.1) is 5.01 Å². The molecule has 1 saturated heterocycles. The Bertz CT molecular complexity index is 611. The summed E-state index contributed by atoms with van der Waals surface area (Å²) in [6.07, 6.45) is -3.94. The van der Waals surface area contributed by atoms with Crippen LogP contribution in [0.5, 0.6) is 0 Å². The summed E-state index contributed by atoms with van der Waals surface area (Å²) in [6.45, 7) is 11.5. The summed E-state index contributed by atoms with van der Waals surface area (Å²) in [6, 6.07) is 0. The molecule has 1 fully saturated rings. The molecular formula is C18H31F3N6S. The number of nitrogens with zero attached hydrogens (tertiary/aromatic N) is 4. The highest BCUT2D eigenvalue weighted by molar-refractivity contribution is 7.09. The Labute approximate surface area is 169 Å². The largest absolute Gasteiger partial charge is 0.434 e. The minimum absolute atomic E-state index is 0.433. The lowest BCUT2D eigenvalue weighted by atomic mass is 10.1. The first kappa shape index (κ1) is 22.9. The van der Waals surface area contributed by atoms with E-state index in [1.165, 1.54) is 0 Å². The van der Waals surface area contributed by atoms with Crippen LogP contribution in [0.4, 0.5) is 13.2 Å². The molecule has 1 aromatic rings. The molecule has 0 amide bonds. The van der Waals surface area contributed by atoms with Gasteiger partial charge in [-0.15, -0.1) is 11.3 Å². The van der Waals surface area contributed by atoms with Crippen LogP contribution in [-0.2, 0) is 12.6 Å². The number of thiazole rings is 1. The number of hydrogen-bond donors (Lipinski definition) is 2. The molecular weight excluding hydrogens is 389 g/mol. The maximum atomic E-state index is 12.6. The van der Waals surface area contributed by atoms with E-state index in [1.54, 1.807) is 0 Å². The van der Waals surface area contributed by atoms with Crippen molar-refractivity contribution in [2.24, 2.45) is 10.9 Å². The molecule has 1 atom stereocenters. The van der Waals surface area contributed by atoms with Gasteiger partial charge in [0, 0.05) is 64.2 Å². The van der Waals surface area contributed by atoms with Crippen LogP contribution in [-0.4, -0.2) is 80.1 Å². The highest BCUT2D eigenvalue weighted by atomic mass is 32.1. The molecule has 0 radical (unpaired) electrons. The van der Waals surface area contributed by atoms with Crippen LogP contribution in [0.25, 0.3) is 0 Å². The number of halogens is 3. The van der Waals surface area contributed by atoms with Crippen molar-refractivity contribution in [3.05, 3.63) is 16.1 Å². The van der Waals surface area contributed by atoms with E-state index in [0.717, 1.165) is 56.0 Å². The number of piperazine rings is 1. The van der Waals surface area contributed by atoms with Gasteiger partial charge in [0.2, 0.25) is 0 Å². The fraction of sp³-hybridized carbons (Fsp3) is 0.778. The summed E-state index contributed by atoms with van der Waals surface area (Å²) in [4.78, 5) is 13.1. The molecule has 2 heterocycles. The molecule has 1 aromatic heterocycles. The quantitative estimate of drug-likeness (QED) is 0.499. The highest BCUT2D eigenvalue weighted by Gasteiger charge is 2.33. The Kier molecular flexibility index (Phi) is 8.97. The Morgan fingerprint density at radius 1 is 1.29 bits per heavy atom. The molecule has 0 aromatic carbocycles. The second-order valence-electron chi connectivity index (χ2n) is 7.23. The predicted molar refractivity (Wildman–Crippen MR) is 108 cm³/mol. The third-order valence-electron chi connectivity index (χ3n) is 4.54. The van der Waals surface area contributed by atoms with E-state index in [1.807, 2.05) is 6.92 Å². The lowest BCUT2D eigenvalue weighted by Gasteiger charge is -2.33. The molecule has 2 rings (SSSR count). The van der Waals surface area contributed by atoms with E-state index >= 15 is 0 Å². The maximum Gasteiger partial charge on any atom is 0.434 e. The Morgan fingerprint density at radius 3 is 2.61 bits per heavy atom. The van der Waals surface area contributed by atoms with E-state index in [9.17, 15) is 13.2 Å². The second kappa shape index (κ2) is 11.0. The van der Waals surface area contributed by atoms with Crippen molar-refractivity contribution >= 4 is 17.3 Å². The van der Waals surface area contributed by atoms with E-state index < -0.39 is 11.9 Å². The zero-order valence-electron chi connectivity index (χ0n) is 16.8. The molecule has 0 saturated carbocycles. The topological polar surface area (TPSA) is 55.8 Å². The van der Waals surface area contributed by atoms with Crippen LogP contribution >= 0.6 is 11.3 Å². The van der Waals surface area contributed by atoms with Crippen molar-refractivity contribution in [3.63, 3.8) is 0 Å². The number of likely N-dealkylation sites (N-methyl/N-ethyl adjacent to an activating group) is 1. The minimum atomic E-state index is -4.38. The zero-order chi connectivity index (χ0) is 20.6. The summed E-state index contributed by atoms with van der Waals surface area (Å²) in [7, 11) is 2.15. The van der Waals surface area contributed by atoms with E-state index in [4.69, 9.17) is 0 Å². The van der Waals surface area contributed by atoms with Crippen LogP contribution in [0.1, 0.15) is 24.5 Å². The average molecular weight is 421 g/mol. The van der Waals surface area contributed by atoms with Gasteiger partial charge in [0.25, 0.3) is 0 Å². The van der Waals surface area contributed by atoms with Crippen LogP contribution in [0, 0.1) is 5.92 Å². The SMILES string of the molecule is CCNC(=NCC(C)CN1CCN(C)CC1)NCCc1nc(C(F)(F)F)cs1. The molecule has 160 valence electrons. The molecule has 2 N–H and O–H groups in total. The number of aliphatic imine (C=N–C) groups is 1. The first-order valence-electron chi connectivity index (χ1n) is 9.72. The number of alkyl halides is 3. The fourth-order valence-electron chi connectivity index (χ4n) is 2.96. The van der Waals surface area contributed by atoms with E-state index in [-0.39, 0.29) is 0 Å². The molecule has 0 aliphatic carbocycles. The number of rotatable bonds is 8. The fourth-order valence-corrected chi connectivity index (χ4v) is 3.77. The summed E-state index contributed by atoms with van der Waals surface area (Å²) in [5.41, 5.74) is -0.814. The molecule has 1 unspecified atom stereocenters. The molecule has 0 spiro atoms. The lowest BCUT2D eigenvalue weighted by Crippen LogP contribution is -2.46. The molecule has 6 nitrogen and oxygen atoms in total. The van der Waals surface area contributed by atoms with Gasteiger partial charge in [0.15, 0.2) is 11.7 Å². The Morgan fingerprint density at radius 2 is 2.00 bits per heavy atom. The van der Waals surface area contributed by atoms with Gasteiger partial charge in [0.1, 0.15) is 0 Å². The van der Waals surface area contributed by atoms with Crippen LogP contribution < -0.4 is 10.6 Å². The predicted octanol–water partition coefficient (Wildman–Crippen LogP) is 2.14. The van der Waals surface area contributed by atoms with E-state index in [2.05, 4.69) is 44.4 Å². The van der Waals surface area contributed by atoms with E-state index in [0.29, 0.717) is 36.4 Å². The van der Waals surface area contributed by atoms with Gasteiger partial charge in [-0.05, 0) is 19.9 Å². The normalized spacial score (nSPS) is 18.3. The first-order valence-corrected chi connectivity index (χ1v) is 10.6. The Hall–Kier alpha value is -1.39. The molecule has 28 heavy (non-hydrogen) atoms.